The molecule has 1 aromatic rings. The largest absolute Gasteiger partial charge is 0.496 e. The molecule has 0 aromatic heterocycles. The normalized spacial score (nSPS) is 21.6. The van der Waals surface area contributed by atoms with Gasteiger partial charge in [-0.1, -0.05) is 0 Å². The van der Waals surface area contributed by atoms with Crippen molar-refractivity contribution in [1.82, 2.24) is 5.32 Å². The van der Waals surface area contributed by atoms with Crippen LogP contribution in [0.5, 0.6) is 17.2 Å². The van der Waals surface area contributed by atoms with Crippen molar-refractivity contribution >= 4 is 17.8 Å². The second-order valence-electron chi connectivity index (χ2n) is 5.48. The molecule has 0 aliphatic carbocycles. The van der Waals surface area contributed by atoms with E-state index in [1.807, 2.05) is 0 Å². The number of amides is 1. The number of esters is 2. The zero-order valence-corrected chi connectivity index (χ0v) is 15.2. The summed E-state index contributed by atoms with van der Waals surface area (Å²) >= 11 is 0. The lowest BCUT2D eigenvalue weighted by Crippen LogP contribution is -2.37. The van der Waals surface area contributed by atoms with E-state index in [-0.39, 0.29) is 0 Å². The van der Waals surface area contributed by atoms with Crippen molar-refractivity contribution in [2.45, 2.75) is 12.0 Å². The molecule has 3 atom stereocenters. The molecule has 1 aliphatic heterocycles. The van der Waals surface area contributed by atoms with E-state index in [0.717, 1.165) is 0 Å². The van der Waals surface area contributed by atoms with Crippen LogP contribution in [-0.2, 0) is 23.9 Å². The summed E-state index contributed by atoms with van der Waals surface area (Å²) in [5.74, 6) is -3.29. The second-order valence-corrected chi connectivity index (χ2v) is 5.48. The van der Waals surface area contributed by atoms with Crippen molar-refractivity contribution < 1.29 is 38.1 Å². The summed E-state index contributed by atoms with van der Waals surface area (Å²) in [6, 6.07) is 2.04. The Labute approximate surface area is 150 Å². The van der Waals surface area contributed by atoms with Crippen LogP contribution in [0.4, 0.5) is 0 Å². The number of hydrogen-bond donors (Lipinski definition) is 1. The summed E-state index contributed by atoms with van der Waals surface area (Å²) in [7, 11) is 6.67. The smallest absolute Gasteiger partial charge is 0.329 e. The molecule has 0 saturated carbocycles. The van der Waals surface area contributed by atoms with E-state index in [2.05, 4.69) is 5.32 Å². The highest BCUT2D eigenvalue weighted by atomic mass is 16.5. The van der Waals surface area contributed by atoms with E-state index in [1.165, 1.54) is 35.5 Å². The van der Waals surface area contributed by atoms with Crippen molar-refractivity contribution in [2.75, 3.05) is 35.5 Å². The third kappa shape index (κ3) is 3.24. The molecule has 0 radical (unpaired) electrons. The van der Waals surface area contributed by atoms with Crippen molar-refractivity contribution in [3.05, 3.63) is 17.7 Å². The average Bonchev–Trinajstić information content (AvgIpc) is 3.01. The predicted octanol–water partition coefficient (Wildman–Crippen LogP) is 0.257. The van der Waals surface area contributed by atoms with Crippen LogP contribution >= 0.6 is 0 Å². The molecule has 142 valence electrons. The molecular formula is C17H21NO8. The Kier molecular flexibility index (Phi) is 5.91. The quantitative estimate of drug-likeness (QED) is 0.563. The summed E-state index contributed by atoms with van der Waals surface area (Å²) in [6.45, 7) is 0. The molecule has 1 amide bonds. The van der Waals surface area contributed by atoms with Crippen LogP contribution in [0.2, 0.25) is 0 Å². The van der Waals surface area contributed by atoms with Gasteiger partial charge in [0.25, 0.3) is 0 Å². The monoisotopic (exact) mass is 367 g/mol. The van der Waals surface area contributed by atoms with E-state index in [0.29, 0.717) is 22.8 Å². The minimum Gasteiger partial charge on any atom is -0.496 e. The van der Waals surface area contributed by atoms with Crippen LogP contribution < -0.4 is 19.5 Å². The summed E-state index contributed by atoms with van der Waals surface area (Å²) in [6.07, 6.45) is 0. The third-order valence-electron chi connectivity index (χ3n) is 4.30. The number of carbonyl (C=O) groups excluding carboxylic acids is 3. The van der Waals surface area contributed by atoms with E-state index >= 15 is 0 Å². The SMILES string of the molecule is COC(=O)C1NC(=O)C(C(=O)OC)C1c1c(OC)cc(OC)cc1OC. The molecule has 26 heavy (non-hydrogen) atoms. The fourth-order valence-electron chi connectivity index (χ4n) is 3.10. The second kappa shape index (κ2) is 7.94. The van der Waals surface area contributed by atoms with E-state index in [4.69, 9.17) is 23.7 Å². The minimum absolute atomic E-state index is 0.297. The molecule has 0 spiro atoms. The molecule has 1 aromatic carbocycles. The Morgan fingerprint density at radius 1 is 0.885 bits per heavy atom. The fraction of sp³-hybridized carbons (Fsp3) is 0.471. The molecule has 9 nitrogen and oxygen atoms in total. The number of benzene rings is 1. The molecule has 1 saturated heterocycles. The van der Waals surface area contributed by atoms with Crippen molar-refractivity contribution in [3.63, 3.8) is 0 Å². The van der Waals surface area contributed by atoms with Gasteiger partial charge < -0.3 is 29.0 Å². The van der Waals surface area contributed by atoms with Gasteiger partial charge in [-0.05, 0) is 0 Å². The third-order valence-corrected chi connectivity index (χ3v) is 4.30. The van der Waals surface area contributed by atoms with Gasteiger partial charge >= 0.3 is 11.9 Å². The van der Waals surface area contributed by atoms with Gasteiger partial charge in [0.2, 0.25) is 5.91 Å². The number of methoxy groups -OCH3 is 5. The van der Waals surface area contributed by atoms with Gasteiger partial charge in [-0.15, -0.1) is 0 Å². The number of ether oxygens (including phenoxy) is 5. The number of carbonyl (C=O) groups is 3. The lowest BCUT2D eigenvalue weighted by Gasteiger charge is -2.24. The van der Waals surface area contributed by atoms with Crippen LogP contribution in [-0.4, -0.2) is 59.4 Å². The molecule has 1 aliphatic rings. The first-order valence-corrected chi connectivity index (χ1v) is 7.69. The van der Waals surface area contributed by atoms with Gasteiger partial charge in [-0.3, -0.25) is 9.59 Å². The van der Waals surface area contributed by atoms with Gasteiger partial charge in [-0.25, -0.2) is 4.79 Å². The maximum atomic E-state index is 12.4. The predicted molar refractivity (Wildman–Crippen MR) is 88.3 cm³/mol. The fourth-order valence-corrected chi connectivity index (χ4v) is 3.10. The van der Waals surface area contributed by atoms with Gasteiger partial charge in [-0.2, -0.15) is 0 Å². The summed E-state index contributed by atoms with van der Waals surface area (Å²) in [5, 5.41) is 2.49. The van der Waals surface area contributed by atoms with Gasteiger partial charge in [0.05, 0.1) is 35.5 Å². The van der Waals surface area contributed by atoms with Crippen LogP contribution in [0.15, 0.2) is 12.1 Å². The minimum atomic E-state index is -1.26. The highest BCUT2D eigenvalue weighted by molar-refractivity contribution is 6.04. The Morgan fingerprint density at radius 2 is 1.42 bits per heavy atom. The van der Waals surface area contributed by atoms with Crippen molar-refractivity contribution in [3.8, 4) is 17.2 Å². The van der Waals surface area contributed by atoms with E-state index in [9.17, 15) is 14.4 Å². The first kappa shape index (κ1) is 19.4. The standard InChI is InChI=1S/C17H21NO8/c1-22-8-6-9(23-2)11(10(7-8)24-3)12-13(16(20)25-4)15(19)18-14(12)17(21)26-5/h6-7,12-14H,1-5H3,(H,18,19). The van der Waals surface area contributed by atoms with E-state index in [1.54, 1.807) is 12.1 Å². The van der Waals surface area contributed by atoms with Crippen LogP contribution in [0, 0.1) is 5.92 Å². The highest BCUT2D eigenvalue weighted by Gasteiger charge is 2.53. The molecule has 1 heterocycles. The molecule has 3 unspecified atom stereocenters. The number of rotatable bonds is 6. The van der Waals surface area contributed by atoms with Crippen molar-refractivity contribution in [1.29, 1.82) is 0 Å². The molecule has 1 fully saturated rings. The molecule has 1 N–H and O–H groups in total. The molecule has 9 heteroatoms. The van der Waals surface area contributed by atoms with Crippen LogP contribution in [0.25, 0.3) is 0 Å². The Morgan fingerprint density at radius 3 is 1.85 bits per heavy atom. The van der Waals surface area contributed by atoms with Crippen LogP contribution in [0.3, 0.4) is 0 Å². The maximum Gasteiger partial charge on any atom is 0.329 e. The topological polar surface area (TPSA) is 109 Å². The lowest BCUT2D eigenvalue weighted by atomic mass is 9.82. The zero-order chi connectivity index (χ0) is 19.4. The van der Waals surface area contributed by atoms with Crippen molar-refractivity contribution in [2.24, 2.45) is 5.92 Å². The Hall–Kier alpha value is -2.97. The summed E-state index contributed by atoms with van der Waals surface area (Å²) in [4.78, 5) is 36.9. The Bertz CT molecular complexity index is 692. The van der Waals surface area contributed by atoms with E-state index < -0.39 is 35.7 Å². The molecule has 2 rings (SSSR count). The number of hydrogen-bond acceptors (Lipinski definition) is 8. The lowest BCUT2D eigenvalue weighted by molar-refractivity contribution is -0.149. The maximum absolute atomic E-state index is 12.4. The first-order valence-electron chi connectivity index (χ1n) is 7.69. The Balaban J connectivity index is 2.71. The van der Waals surface area contributed by atoms with Crippen LogP contribution in [0.1, 0.15) is 11.5 Å². The molecule has 0 bridgehead atoms. The highest BCUT2D eigenvalue weighted by Crippen LogP contribution is 2.46. The van der Waals surface area contributed by atoms with Gasteiger partial charge in [0.1, 0.15) is 29.2 Å². The number of nitrogens with one attached hydrogen (secondary N) is 1. The average molecular weight is 367 g/mol. The van der Waals surface area contributed by atoms with Gasteiger partial charge in [0, 0.05) is 23.6 Å². The zero-order valence-electron chi connectivity index (χ0n) is 15.2. The summed E-state index contributed by atoms with van der Waals surface area (Å²) < 4.78 is 25.5. The summed E-state index contributed by atoms with van der Waals surface area (Å²) in [5.41, 5.74) is 0.361. The molecular weight excluding hydrogens is 346 g/mol. The first-order chi connectivity index (χ1) is 12.4. The van der Waals surface area contributed by atoms with Gasteiger partial charge in [0.15, 0.2) is 0 Å².